The number of ether oxygens (including phenoxy) is 1. The summed E-state index contributed by atoms with van der Waals surface area (Å²) in [6.45, 7) is 2.83. The van der Waals surface area contributed by atoms with Gasteiger partial charge in [0.1, 0.15) is 24.6 Å². The molecule has 1 fully saturated rings. The standard InChI is InChI=1S/C36H45FN4O5/c1-25(42)22-39-35(44)32(20-27-13-17-30(37)18-14-27)41(3)36(45)33(40(2)34(43)24-46-23-31-10-7-19-38-31)21-26-11-15-29(16-12-26)28-8-5-4-6-9-28/h4-6,8-9,11-18,25,31-33,38,42H,7,10,19-24H2,1-3H3,(H,39,44)/p+1/t25-,31-,32-,33-/m1/s1. The van der Waals surface area contributed by atoms with E-state index in [1.54, 1.807) is 33.2 Å². The molecular weight excluding hydrogens is 587 g/mol. The van der Waals surface area contributed by atoms with E-state index in [4.69, 9.17) is 4.74 Å². The summed E-state index contributed by atoms with van der Waals surface area (Å²) in [5, 5.41) is 24.2. The largest absolute Gasteiger partial charge is 0.462 e. The summed E-state index contributed by atoms with van der Waals surface area (Å²) >= 11 is 0. The van der Waals surface area contributed by atoms with Crippen molar-refractivity contribution in [3.63, 3.8) is 0 Å². The molecular formula is C36H46FN4O5+. The van der Waals surface area contributed by atoms with Gasteiger partial charge in [0.15, 0.2) is 12.6 Å². The van der Waals surface area contributed by atoms with Crippen LogP contribution in [0.15, 0.2) is 78.9 Å². The highest BCUT2D eigenvalue weighted by atomic mass is 19.1. The molecule has 4 N–H and O–H groups in total. The number of rotatable bonds is 15. The van der Waals surface area contributed by atoms with Crippen LogP contribution < -0.4 is 10.3 Å². The van der Waals surface area contributed by atoms with Gasteiger partial charge in [-0.2, -0.15) is 0 Å². The molecule has 3 aromatic carbocycles. The first-order valence-corrected chi connectivity index (χ1v) is 15.8. The van der Waals surface area contributed by atoms with Crippen LogP contribution in [0.25, 0.3) is 11.1 Å². The lowest BCUT2D eigenvalue weighted by Gasteiger charge is -2.33. The van der Waals surface area contributed by atoms with Crippen molar-refractivity contribution in [2.24, 2.45) is 0 Å². The van der Waals surface area contributed by atoms with Gasteiger partial charge in [-0.15, -0.1) is 0 Å². The predicted octanol–water partition coefficient (Wildman–Crippen LogP) is 2.12. The molecule has 0 aromatic heterocycles. The molecule has 46 heavy (non-hydrogen) atoms. The maximum absolute atomic E-state index is 14.3. The minimum atomic E-state index is -0.909. The van der Waals surface area contributed by atoms with Crippen LogP contribution >= 0.6 is 0 Å². The Bertz CT molecular complexity index is 1430. The van der Waals surface area contributed by atoms with Gasteiger partial charge in [-0.25, -0.2) is 9.38 Å². The van der Waals surface area contributed by atoms with Gasteiger partial charge in [0.05, 0.1) is 6.61 Å². The highest BCUT2D eigenvalue weighted by Crippen LogP contribution is 2.21. The second kappa shape index (κ2) is 17.0. The first kappa shape index (κ1) is 34.7. The normalized spacial score (nSPS) is 16.9. The fraction of sp³-hybridized carbons (Fsp3) is 0.417. The van der Waals surface area contributed by atoms with E-state index in [1.807, 2.05) is 54.6 Å². The summed E-state index contributed by atoms with van der Waals surface area (Å²) in [4.78, 5) is 33.3. The number of likely N-dealkylation sites (N-methyl/N-ethyl adjacent to an activating group) is 2. The Morgan fingerprint density at radius 3 is 2.15 bits per heavy atom. The molecule has 4 rings (SSSR count). The van der Waals surface area contributed by atoms with E-state index in [0.717, 1.165) is 36.1 Å². The summed E-state index contributed by atoms with van der Waals surface area (Å²) in [5.41, 5.74) is 3.66. The molecule has 246 valence electrons. The Morgan fingerprint density at radius 1 is 0.935 bits per heavy atom. The maximum Gasteiger partial charge on any atom is 0.356 e. The molecule has 0 radical (unpaired) electrons. The van der Waals surface area contributed by atoms with Crippen LogP contribution in [0.5, 0.6) is 0 Å². The lowest BCUT2D eigenvalue weighted by molar-refractivity contribution is -0.479. The molecule has 9 nitrogen and oxygen atoms in total. The molecule has 1 saturated heterocycles. The van der Waals surface area contributed by atoms with Crippen LogP contribution in [0.1, 0.15) is 30.9 Å². The van der Waals surface area contributed by atoms with Crippen molar-refractivity contribution >= 4 is 17.7 Å². The van der Waals surface area contributed by atoms with Crippen LogP contribution in [0.2, 0.25) is 0 Å². The number of aliphatic hydroxyl groups excluding tert-OH is 2. The minimum absolute atomic E-state index is 0.0660. The van der Waals surface area contributed by atoms with E-state index in [9.17, 15) is 24.2 Å². The summed E-state index contributed by atoms with van der Waals surface area (Å²) in [5.74, 6) is -1.33. The zero-order valence-corrected chi connectivity index (χ0v) is 26.9. The van der Waals surface area contributed by atoms with E-state index in [0.29, 0.717) is 12.2 Å². The van der Waals surface area contributed by atoms with Crippen molar-refractivity contribution in [1.29, 1.82) is 0 Å². The zero-order chi connectivity index (χ0) is 33.1. The third-order valence-corrected chi connectivity index (χ3v) is 8.39. The number of aliphatic hydroxyl groups is 2. The van der Waals surface area contributed by atoms with E-state index in [2.05, 4.69) is 10.3 Å². The van der Waals surface area contributed by atoms with Crippen molar-refractivity contribution in [1.82, 2.24) is 15.1 Å². The van der Waals surface area contributed by atoms with E-state index in [1.165, 1.54) is 21.9 Å². The number of amides is 2. The molecule has 1 heterocycles. The first-order chi connectivity index (χ1) is 22.1. The van der Waals surface area contributed by atoms with Gasteiger partial charge in [0.2, 0.25) is 11.8 Å². The molecule has 1 aliphatic rings. The number of carbonyl (C=O) groups is 2. The Labute approximate surface area is 270 Å². The molecule has 0 saturated carbocycles. The summed E-state index contributed by atoms with van der Waals surface area (Å²) in [7, 11) is 3.17. The number of benzene rings is 3. The average molecular weight is 634 g/mol. The molecule has 1 aliphatic heterocycles. The van der Waals surface area contributed by atoms with Gasteiger partial charge < -0.3 is 30.1 Å². The molecule has 0 aliphatic carbocycles. The molecule has 3 aromatic rings. The van der Waals surface area contributed by atoms with E-state index in [-0.39, 0.29) is 43.8 Å². The van der Waals surface area contributed by atoms with E-state index >= 15 is 0 Å². The SMILES string of the molecule is C[C@@H](O)C[NH+]=C(O)[C@@H](Cc1ccc(F)cc1)N(C)C(=O)[C@@H](Cc1ccc(-c2ccccc2)cc1)N(C)C(=O)COC[C@H]1CCCN1. The summed E-state index contributed by atoms with van der Waals surface area (Å²) < 4.78 is 19.4. The maximum atomic E-state index is 14.3. The number of nitrogens with one attached hydrogen (secondary N) is 2. The molecule has 10 heteroatoms. The van der Waals surface area contributed by atoms with Gasteiger partial charge in [-0.3, -0.25) is 9.59 Å². The fourth-order valence-corrected chi connectivity index (χ4v) is 5.56. The van der Waals surface area contributed by atoms with Gasteiger partial charge >= 0.3 is 5.90 Å². The number of hydrogen-bond donors (Lipinski definition) is 4. The topological polar surface area (TPSA) is 116 Å². The number of halogens is 1. The summed E-state index contributed by atoms with van der Waals surface area (Å²) in [6, 6.07) is 22.1. The monoisotopic (exact) mass is 633 g/mol. The lowest BCUT2D eigenvalue weighted by atomic mass is 9.98. The van der Waals surface area contributed by atoms with Gasteiger partial charge in [0, 0.05) is 33.0 Å². The average Bonchev–Trinajstić information content (AvgIpc) is 3.59. The Morgan fingerprint density at radius 2 is 1.54 bits per heavy atom. The molecule has 0 spiro atoms. The van der Waals surface area contributed by atoms with Crippen molar-refractivity contribution in [3.05, 3.63) is 95.8 Å². The van der Waals surface area contributed by atoms with Crippen molar-refractivity contribution in [3.8, 4) is 11.1 Å². The van der Waals surface area contributed by atoms with Crippen LogP contribution in [-0.2, 0) is 27.2 Å². The Balaban J connectivity index is 1.58. The van der Waals surface area contributed by atoms with Crippen molar-refractivity contribution < 1.29 is 33.9 Å². The van der Waals surface area contributed by atoms with Crippen molar-refractivity contribution in [2.75, 3.05) is 40.4 Å². The quantitative estimate of drug-likeness (QED) is 0.151. The molecule has 0 bridgehead atoms. The third-order valence-electron chi connectivity index (χ3n) is 8.39. The molecule has 0 unspecified atom stereocenters. The van der Waals surface area contributed by atoms with Crippen molar-refractivity contribution in [2.45, 2.75) is 56.8 Å². The van der Waals surface area contributed by atoms with Crippen LogP contribution in [0.4, 0.5) is 4.39 Å². The lowest BCUT2D eigenvalue weighted by Crippen LogP contribution is -2.79. The third kappa shape index (κ3) is 9.94. The highest BCUT2D eigenvalue weighted by molar-refractivity contribution is 5.91. The minimum Gasteiger partial charge on any atom is -0.462 e. The van der Waals surface area contributed by atoms with Crippen LogP contribution in [0, 0.1) is 5.82 Å². The smallest absolute Gasteiger partial charge is 0.356 e. The fourth-order valence-electron chi connectivity index (χ4n) is 5.56. The predicted molar refractivity (Wildman–Crippen MR) is 176 cm³/mol. The zero-order valence-electron chi connectivity index (χ0n) is 26.9. The van der Waals surface area contributed by atoms with Crippen LogP contribution in [0.3, 0.4) is 0 Å². The number of hydrogen-bond acceptors (Lipinski definition) is 5. The van der Waals surface area contributed by atoms with Crippen LogP contribution in [-0.4, -0.2) is 102 Å². The number of nitrogens with zero attached hydrogens (tertiary/aromatic N) is 2. The second-order valence-electron chi connectivity index (χ2n) is 12.0. The van der Waals surface area contributed by atoms with Gasteiger partial charge in [0.25, 0.3) is 0 Å². The molecule has 4 atom stereocenters. The van der Waals surface area contributed by atoms with Gasteiger partial charge in [-0.05, 0) is 60.7 Å². The van der Waals surface area contributed by atoms with Gasteiger partial charge in [-0.1, -0.05) is 66.7 Å². The van der Waals surface area contributed by atoms with E-state index < -0.39 is 29.9 Å². The first-order valence-electron chi connectivity index (χ1n) is 15.8. The molecule has 2 amide bonds. The Hall–Kier alpha value is -4.12. The number of carbonyl (C=O) groups excluding carboxylic acids is 2. The second-order valence-corrected chi connectivity index (χ2v) is 12.0. The Kier molecular flexibility index (Phi) is 12.8. The summed E-state index contributed by atoms with van der Waals surface area (Å²) in [6.07, 6.45) is 1.73. The highest BCUT2D eigenvalue weighted by Gasteiger charge is 2.36.